The van der Waals surface area contributed by atoms with Crippen molar-refractivity contribution in [3.05, 3.63) is 35.4 Å². The van der Waals surface area contributed by atoms with E-state index >= 15 is 0 Å². The maximum Gasteiger partial charge on any atom is 0.416 e. The molecule has 0 spiro atoms. The Balaban J connectivity index is 2.22. The Bertz CT molecular complexity index is 473. The summed E-state index contributed by atoms with van der Waals surface area (Å²) in [4.78, 5) is 11.0. The standard InChI is InChI=1S/C13H14F3NO2/c14-13(15,16)10-4-2-1-3-8(10)7-9-5-6-17-11(9)12(18)19/h1-4,9,11,17H,5-7H2,(H,18,19)/t9?,11-/m0/s1. The molecule has 0 aromatic heterocycles. The van der Waals surface area contributed by atoms with Crippen molar-refractivity contribution in [1.29, 1.82) is 0 Å². The summed E-state index contributed by atoms with van der Waals surface area (Å²) in [5, 5.41) is 11.8. The Morgan fingerprint density at radius 1 is 1.37 bits per heavy atom. The number of hydrogen-bond donors (Lipinski definition) is 2. The lowest BCUT2D eigenvalue weighted by Crippen LogP contribution is -2.36. The molecule has 0 bridgehead atoms. The highest BCUT2D eigenvalue weighted by Gasteiger charge is 2.37. The molecule has 1 aromatic carbocycles. The van der Waals surface area contributed by atoms with E-state index < -0.39 is 23.8 Å². The number of carbonyl (C=O) groups is 1. The lowest BCUT2D eigenvalue weighted by molar-refractivity contribution is -0.140. The van der Waals surface area contributed by atoms with Gasteiger partial charge >= 0.3 is 12.1 Å². The minimum absolute atomic E-state index is 0.125. The van der Waals surface area contributed by atoms with Crippen LogP contribution >= 0.6 is 0 Å². The molecule has 1 aliphatic heterocycles. The van der Waals surface area contributed by atoms with E-state index in [4.69, 9.17) is 5.11 Å². The molecule has 2 atom stereocenters. The van der Waals surface area contributed by atoms with Gasteiger partial charge in [0.25, 0.3) is 0 Å². The number of benzene rings is 1. The van der Waals surface area contributed by atoms with Crippen LogP contribution in [0.25, 0.3) is 0 Å². The predicted octanol–water partition coefficient (Wildman–Crippen LogP) is 2.31. The van der Waals surface area contributed by atoms with Crippen LogP contribution in [0.5, 0.6) is 0 Å². The quantitative estimate of drug-likeness (QED) is 0.888. The number of halogens is 3. The first-order chi connectivity index (χ1) is 8.89. The third-order valence-corrected chi connectivity index (χ3v) is 3.42. The summed E-state index contributed by atoms with van der Waals surface area (Å²) in [5.74, 6) is -1.31. The Morgan fingerprint density at radius 2 is 2.05 bits per heavy atom. The first kappa shape index (κ1) is 13.9. The van der Waals surface area contributed by atoms with Gasteiger partial charge in [-0.3, -0.25) is 4.79 Å². The van der Waals surface area contributed by atoms with Crippen LogP contribution in [-0.2, 0) is 17.4 Å². The van der Waals surface area contributed by atoms with Gasteiger partial charge in [0.2, 0.25) is 0 Å². The van der Waals surface area contributed by atoms with Crippen molar-refractivity contribution < 1.29 is 23.1 Å². The fourth-order valence-corrected chi connectivity index (χ4v) is 2.52. The zero-order valence-electron chi connectivity index (χ0n) is 10.1. The molecule has 1 saturated heterocycles. The summed E-state index contributed by atoms with van der Waals surface area (Å²) in [7, 11) is 0. The molecule has 2 N–H and O–H groups in total. The SMILES string of the molecule is O=C(O)[C@H]1NCCC1Cc1ccccc1C(F)(F)F. The normalized spacial score (nSPS) is 23.5. The van der Waals surface area contributed by atoms with E-state index in [1.807, 2.05) is 0 Å². The highest BCUT2D eigenvalue weighted by Crippen LogP contribution is 2.34. The minimum atomic E-state index is -4.40. The number of aliphatic carboxylic acids is 1. The predicted molar refractivity (Wildman–Crippen MR) is 62.7 cm³/mol. The van der Waals surface area contributed by atoms with Gasteiger partial charge in [0, 0.05) is 0 Å². The van der Waals surface area contributed by atoms with Crippen LogP contribution in [0.4, 0.5) is 13.2 Å². The molecular formula is C13H14F3NO2. The van der Waals surface area contributed by atoms with Crippen LogP contribution in [0.3, 0.4) is 0 Å². The van der Waals surface area contributed by atoms with Gasteiger partial charge in [-0.15, -0.1) is 0 Å². The number of hydrogen-bond acceptors (Lipinski definition) is 2. The molecule has 19 heavy (non-hydrogen) atoms. The zero-order valence-corrected chi connectivity index (χ0v) is 10.1. The largest absolute Gasteiger partial charge is 0.480 e. The summed E-state index contributed by atoms with van der Waals surface area (Å²) in [5.41, 5.74) is -0.513. The number of carboxylic acids is 1. The van der Waals surface area contributed by atoms with E-state index in [2.05, 4.69) is 5.32 Å². The Labute approximate surface area is 108 Å². The van der Waals surface area contributed by atoms with Crippen LogP contribution in [0.1, 0.15) is 17.5 Å². The second-order valence-electron chi connectivity index (χ2n) is 4.68. The molecule has 1 aromatic rings. The third kappa shape index (κ3) is 3.07. The van der Waals surface area contributed by atoms with Crippen molar-refractivity contribution in [2.45, 2.75) is 25.1 Å². The maximum absolute atomic E-state index is 12.8. The van der Waals surface area contributed by atoms with Crippen molar-refractivity contribution >= 4 is 5.97 Å². The molecule has 1 fully saturated rings. The lowest BCUT2D eigenvalue weighted by Gasteiger charge is -2.18. The minimum Gasteiger partial charge on any atom is -0.480 e. The van der Waals surface area contributed by atoms with E-state index in [9.17, 15) is 18.0 Å². The molecule has 0 saturated carbocycles. The van der Waals surface area contributed by atoms with Gasteiger partial charge in [-0.2, -0.15) is 13.2 Å². The highest BCUT2D eigenvalue weighted by molar-refractivity contribution is 5.74. The molecule has 0 aliphatic carbocycles. The van der Waals surface area contributed by atoms with Crippen molar-refractivity contribution in [2.24, 2.45) is 5.92 Å². The fraction of sp³-hybridized carbons (Fsp3) is 0.462. The molecule has 1 heterocycles. The van der Waals surface area contributed by atoms with Gasteiger partial charge in [0.05, 0.1) is 5.56 Å². The molecule has 3 nitrogen and oxygen atoms in total. The number of nitrogens with one attached hydrogen (secondary N) is 1. The smallest absolute Gasteiger partial charge is 0.416 e. The van der Waals surface area contributed by atoms with Gasteiger partial charge in [-0.25, -0.2) is 0 Å². The maximum atomic E-state index is 12.8. The summed E-state index contributed by atoms with van der Waals surface area (Å²) in [6.45, 7) is 0.524. The first-order valence-electron chi connectivity index (χ1n) is 6.01. The molecule has 1 aliphatic rings. The van der Waals surface area contributed by atoms with Crippen molar-refractivity contribution in [3.63, 3.8) is 0 Å². The van der Waals surface area contributed by atoms with Gasteiger partial charge in [0.15, 0.2) is 0 Å². The lowest BCUT2D eigenvalue weighted by atomic mass is 9.90. The van der Waals surface area contributed by atoms with Crippen LogP contribution in [0, 0.1) is 5.92 Å². The monoisotopic (exact) mass is 273 g/mol. The summed E-state index contributed by atoms with van der Waals surface area (Å²) < 4.78 is 38.5. The second-order valence-corrected chi connectivity index (χ2v) is 4.68. The molecule has 2 rings (SSSR count). The number of alkyl halides is 3. The fourth-order valence-electron chi connectivity index (χ4n) is 2.52. The van der Waals surface area contributed by atoms with Crippen LogP contribution < -0.4 is 5.32 Å². The van der Waals surface area contributed by atoms with E-state index in [1.165, 1.54) is 12.1 Å². The van der Waals surface area contributed by atoms with Crippen LogP contribution in [-0.4, -0.2) is 23.7 Å². The van der Waals surface area contributed by atoms with Gasteiger partial charge in [-0.1, -0.05) is 18.2 Å². The topological polar surface area (TPSA) is 49.3 Å². The van der Waals surface area contributed by atoms with Crippen molar-refractivity contribution in [1.82, 2.24) is 5.32 Å². The van der Waals surface area contributed by atoms with Gasteiger partial charge in [0.1, 0.15) is 6.04 Å². The summed E-state index contributed by atoms with van der Waals surface area (Å²) in [6, 6.07) is 4.57. The highest BCUT2D eigenvalue weighted by atomic mass is 19.4. The van der Waals surface area contributed by atoms with Crippen molar-refractivity contribution in [2.75, 3.05) is 6.54 Å². The zero-order chi connectivity index (χ0) is 14.0. The Kier molecular flexibility index (Phi) is 3.80. The molecule has 6 heteroatoms. The van der Waals surface area contributed by atoms with E-state index in [0.717, 1.165) is 6.07 Å². The molecule has 1 unspecified atom stereocenters. The van der Waals surface area contributed by atoms with E-state index in [-0.39, 0.29) is 17.9 Å². The average molecular weight is 273 g/mol. The summed E-state index contributed by atoms with van der Waals surface area (Å²) in [6.07, 6.45) is -3.70. The van der Waals surface area contributed by atoms with Crippen LogP contribution in [0.2, 0.25) is 0 Å². The molecule has 0 radical (unpaired) electrons. The summed E-state index contributed by atoms with van der Waals surface area (Å²) >= 11 is 0. The average Bonchev–Trinajstić information content (AvgIpc) is 2.76. The Hall–Kier alpha value is -1.56. The molecule has 104 valence electrons. The number of rotatable bonds is 3. The first-order valence-corrected chi connectivity index (χ1v) is 6.01. The third-order valence-electron chi connectivity index (χ3n) is 3.42. The van der Waals surface area contributed by atoms with Crippen molar-refractivity contribution in [3.8, 4) is 0 Å². The Morgan fingerprint density at radius 3 is 2.68 bits per heavy atom. The van der Waals surface area contributed by atoms with Gasteiger partial charge < -0.3 is 10.4 Å². The second kappa shape index (κ2) is 5.21. The molecular weight excluding hydrogens is 259 g/mol. The number of carboxylic acid groups (broad SMARTS) is 1. The molecule has 0 amide bonds. The van der Waals surface area contributed by atoms with E-state index in [0.29, 0.717) is 13.0 Å². The van der Waals surface area contributed by atoms with Crippen LogP contribution in [0.15, 0.2) is 24.3 Å². The van der Waals surface area contributed by atoms with Gasteiger partial charge in [-0.05, 0) is 36.9 Å². The van der Waals surface area contributed by atoms with E-state index in [1.54, 1.807) is 6.07 Å².